The Hall–Kier alpha value is -3.17. The van der Waals surface area contributed by atoms with Crippen molar-refractivity contribution in [2.75, 3.05) is 0 Å². The van der Waals surface area contributed by atoms with Gasteiger partial charge >= 0.3 is 12.1 Å². The van der Waals surface area contributed by atoms with Gasteiger partial charge < -0.3 is 10.4 Å². The fourth-order valence-corrected chi connectivity index (χ4v) is 2.64. The molecule has 7 nitrogen and oxygen atoms in total. The topological polar surface area (TPSA) is 101 Å². The predicted molar refractivity (Wildman–Crippen MR) is 86.6 cm³/mol. The summed E-state index contributed by atoms with van der Waals surface area (Å²) in [5.41, 5.74) is -4.19. The highest BCUT2D eigenvalue weighted by Gasteiger charge is 2.52. The van der Waals surface area contributed by atoms with Crippen LogP contribution >= 0.6 is 0 Å². The number of carboxylic acid groups (broad SMARTS) is 1. The fourth-order valence-electron chi connectivity index (χ4n) is 2.64. The molecule has 3 rings (SSSR count). The lowest BCUT2D eigenvalue weighted by Crippen LogP contribution is -2.45. The van der Waals surface area contributed by atoms with Gasteiger partial charge in [-0.25, -0.2) is 9.48 Å². The fraction of sp³-hybridized carbons (Fsp3) is 0.294. The summed E-state index contributed by atoms with van der Waals surface area (Å²) in [6, 6.07) is 5.58. The zero-order chi connectivity index (χ0) is 20.0. The van der Waals surface area contributed by atoms with Gasteiger partial charge in [-0.2, -0.15) is 18.3 Å². The van der Waals surface area contributed by atoms with Gasteiger partial charge in [-0.05, 0) is 31.9 Å². The third-order valence-corrected chi connectivity index (χ3v) is 4.27. The number of rotatable bonds is 4. The van der Waals surface area contributed by atoms with Crippen LogP contribution in [-0.4, -0.2) is 32.3 Å². The summed E-state index contributed by atoms with van der Waals surface area (Å²) in [5.74, 6) is -2.29. The molecule has 2 N–H and O–H groups in total. The van der Waals surface area contributed by atoms with Crippen LogP contribution in [0.25, 0.3) is 5.69 Å². The SMILES string of the molecule is Cc1cc(=O)c(C(=O)NC2(C(=O)O)CC2)nn1-c1ccccc1C(F)(F)F. The van der Waals surface area contributed by atoms with Crippen LogP contribution in [0.4, 0.5) is 13.2 Å². The van der Waals surface area contributed by atoms with Gasteiger partial charge in [-0.3, -0.25) is 9.59 Å². The van der Waals surface area contributed by atoms with Crippen molar-refractivity contribution in [2.24, 2.45) is 0 Å². The van der Waals surface area contributed by atoms with Gasteiger partial charge in [0.15, 0.2) is 5.69 Å². The summed E-state index contributed by atoms with van der Waals surface area (Å²) in [6.45, 7) is 1.38. The van der Waals surface area contributed by atoms with Crippen molar-refractivity contribution in [3.8, 4) is 5.69 Å². The molecule has 0 unspecified atom stereocenters. The van der Waals surface area contributed by atoms with Crippen molar-refractivity contribution >= 4 is 11.9 Å². The Kier molecular flexibility index (Phi) is 4.29. The first-order valence-corrected chi connectivity index (χ1v) is 7.89. The molecule has 1 aliphatic carbocycles. The number of carbonyl (C=O) groups is 2. The predicted octanol–water partition coefficient (Wildman–Crippen LogP) is 1.91. The quantitative estimate of drug-likeness (QED) is 0.843. The number of hydrogen-bond donors (Lipinski definition) is 2. The maximum atomic E-state index is 13.3. The highest BCUT2D eigenvalue weighted by atomic mass is 19.4. The molecule has 0 bridgehead atoms. The van der Waals surface area contributed by atoms with E-state index in [0.717, 1.165) is 22.9 Å². The van der Waals surface area contributed by atoms with E-state index in [9.17, 15) is 27.6 Å². The number of para-hydroxylation sites is 1. The largest absolute Gasteiger partial charge is 0.480 e. The standard InChI is InChI=1S/C17H14F3N3O4/c1-9-8-12(24)13(14(25)21-16(6-7-16)15(26)27)22-23(9)11-5-3-2-4-10(11)17(18,19)20/h2-5,8H,6-7H2,1H3,(H,21,25)(H,26,27). The number of aromatic nitrogens is 2. The molecule has 1 aromatic carbocycles. The van der Waals surface area contributed by atoms with Crippen LogP contribution in [0.2, 0.25) is 0 Å². The summed E-state index contributed by atoms with van der Waals surface area (Å²) >= 11 is 0. The average molecular weight is 381 g/mol. The van der Waals surface area contributed by atoms with Gasteiger partial charge in [0.1, 0.15) is 5.54 Å². The molecule has 2 aromatic rings. The van der Waals surface area contributed by atoms with Crippen molar-refractivity contribution < 1.29 is 27.9 Å². The van der Waals surface area contributed by atoms with Crippen molar-refractivity contribution in [3.05, 3.63) is 57.5 Å². The molecule has 1 aliphatic rings. The first-order valence-electron chi connectivity index (χ1n) is 7.89. The van der Waals surface area contributed by atoms with Gasteiger partial charge in [0.25, 0.3) is 5.91 Å². The molecule has 0 radical (unpaired) electrons. The van der Waals surface area contributed by atoms with E-state index in [1.54, 1.807) is 0 Å². The van der Waals surface area contributed by atoms with Crippen LogP contribution in [0.15, 0.2) is 35.1 Å². The average Bonchev–Trinajstić information content (AvgIpc) is 3.35. The monoisotopic (exact) mass is 381 g/mol. The molecule has 142 valence electrons. The molecule has 0 spiro atoms. The van der Waals surface area contributed by atoms with Crippen LogP contribution in [0.5, 0.6) is 0 Å². The number of carbonyl (C=O) groups excluding carboxylic acids is 1. The molecule has 27 heavy (non-hydrogen) atoms. The zero-order valence-electron chi connectivity index (χ0n) is 14.0. The molecule has 1 amide bonds. The summed E-state index contributed by atoms with van der Waals surface area (Å²) in [6.07, 6.45) is -4.27. The summed E-state index contributed by atoms with van der Waals surface area (Å²) < 4.78 is 40.7. The lowest BCUT2D eigenvalue weighted by Gasteiger charge is -2.17. The number of aliphatic carboxylic acids is 1. The third kappa shape index (κ3) is 3.42. The van der Waals surface area contributed by atoms with Crippen molar-refractivity contribution in [1.82, 2.24) is 15.1 Å². The number of benzene rings is 1. The normalized spacial score (nSPS) is 15.3. The molecule has 0 atom stereocenters. The van der Waals surface area contributed by atoms with E-state index in [-0.39, 0.29) is 24.2 Å². The van der Waals surface area contributed by atoms with E-state index in [2.05, 4.69) is 10.4 Å². The van der Waals surface area contributed by atoms with Gasteiger partial charge in [0.2, 0.25) is 5.43 Å². The van der Waals surface area contributed by atoms with Crippen LogP contribution < -0.4 is 10.7 Å². The number of halogens is 3. The number of nitrogens with zero attached hydrogens (tertiary/aromatic N) is 2. The van der Waals surface area contributed by atoms with E-state index in [1.165, 1.54) is 19.1 Å². The number of hydrogen-bond acceptors (Lipinski definition) is 4. The molecular formula is C17H14F3N3O4. The Balaban J connectivity index is 2.08. The van der Waals surface area contributed by atoms with Gasteiger partial charge in [-0.15, -0.1) is 0 Å². The molecule has 1 fully saturated rings. The van der Waals surface area contributed by atoms with Gasteiger partial charge in [0, 0.05) is 11.8 Å². The minimum Gasteiger partial charge on any atom is -0.480 e. The molecule has 0 aliphatic heterocycles. The first kappa shape index (κ1) is 18.6. The lowest BCUT2D eigenvalue weighted by molar-refractivity contribution is -0.140. The maximum Gasteiger partial charge on any atom is 0.418 e. The van der Waals surface area contributed by atoms with Crippen molar-refractivity contribution in [3.63, 3.8) is 0 Å². The number of alkyl halides is 3. The van der Waals surface area contributed by atoms with Crippen LogP contribution in [0, 0.1) is 6.92 Å². The van der Waals surface area contributed by atoms with Crippen LogP contribution in [0.1, 0.15) is 34.6 Å². The van der Waals surface area contributed by atoms with E-state index in [4.69, 9.17) is 5.11 Å². The Labute approximate surface area is 150 Å². The third-order valence-electron chi connectivity index (χ3n) is 4.27. The second-order valence-corrected chi connectivity index (χ2v) is 6.27. The second kappa shape index (κ2) is 6.22. The van der Waals surface area contributed by atoms with Crippen molar-refractivity contribution in [2.45, 2.75) is 31.5 Å². The summed E-state index contributed by atoms with van der Waals surface area (Å²) in [4.78, 5) is 35.6. The van der Waals surface area contributed by atoms with E-state index < -0.39 is 40.3 Å². The molecule has 1 heterocycles. The van der Waals surface area contributed by atoms with E-state index in [1.807, 2.05) is 0 Å². The second-order valence-electron chi connectivity index (χ2n) is 6.27. The van der Waals surface area contributed by atoms with Crippen LogP contribution in [0.3, 0.4) is 0 Å². The number of carboxylic acids is 1. The summed E-state index contributed by atoms with van der Waals surface area (Å²) in [7, 11) is 0. The Morgan fingerprint density at radius 3 is 2.44 bits per heavy atom. The van der Waals surface area contributed by atoms with Crippen molar-refractivity contribution in [1.29, 1.82) is 0 Å². The highest BCUT2D eigenvalue weighted by molar-refractivity contribution is 5.97. The Morgan fingerprint density at radius 1 is 1.26 bits per heavy atom. The highest BCUT2D eigenvalue weighted by Crippen LogP contribution is 2.36. The molecule has 1 aromatic heterocycles. The smallest absolute Gasteiger partial charge is 0.418 e. The van der Waals surface area contributed by atoms with Gasteiger partial charge in [-0.1, -0.05) is 12.1 Å². The van der Waals surface area contributed by atoms with E-state index >= 15 is 0 Å². The van der Waals surface area contributed by atoms with E-state index in [0.29, 0.717) is 0 Å². The Bertz CT molecular complexity index is 994. The number of aryl methyl sites for hydroxylation is 1. The maximum absolute atomic E-state index is 13.3. The van der Waals surface area contributed by atoms with Crippen LogP contribution in [-0.2, 0) is 11.0 Å². The molecule has 10 heteroatoms. The number of nitrogens with one attached hydrogen (secondary N) is 1. The Morgan fingerprint density at radius 2 is 1.89 bits per heavy atom. The minimum absolute atomic E-state index is 0.0904. The first-order chi connectivity index (χ1) is 12.5. The molecule has 0 saturated heterocycles. The molecular weight excluding hydrogens is 367 g/mol. The minimum atomic E-state index is -4.67. The lowest BCUT2D eigenvalue weighted by atomic mass is 10.1. The number of amides is 1. The zero-order valence-corrected chi connectivity index (χ0v) is 14.0. The van der Waals surface area contributed by atoms with Gasteiger partial charge in [0.05, 0.1) is 11.3 Å². The molecule has 1 saturated carbocycles. The summed E-state index contributed by atoms with van der Waals surface area (Å²) in [5, 5.41) is 15.1.